The first-order valence-corrected chi connectivity index (χ1v) is 6.10. The molecule has 3 nitrogen and oxygen atoms in total. The lowest BCUT2D eigenvalue weighted by molar-refractivity contribution is -0.137. The van der Waals surface area contributed by atoms with Crippen LogP contribution in [0.25, 0.3) is 0 Å². The van der Waals surface area contributed by atoms with Gasteiger partial charge in [0.2, 0.25) is 0 Å². The van der Waals surface area contributed by atoms with Crippen LogP contribution in [0.3, 0.4) is 0 Å². The van der Waals surface area contributed by atoms with Crippen LogP contribution in [-0.4, -0.2) is 16.6 Å². The predicted octanol–water partition coefficient (Wildman–Crippen LogP) is 3.40. The molecule has 1 heterocycles. The van der Waals surface area contributed by atoms with Gasteiger partial charge in [-0.2, -0.15) is 13.2 Å². The van der Waals surface area contributed by atoms with E-state index in [1.165, 1.54) is 6.20 Å². The van der Waals surface area contributed by atoms with Crippen molar-refractivity contribution in [2.75, 3.05) is 5.32 Å². The fourth-order valence-corrected chi connectivity index (χ4v) is 1.51. The van der Waals surface area contributed by atoms with E-state index in [2.05, 4.69) is 26.2 Å². The third kappa shape index (κ3) is 3.58. The normalized spacial score (nSPS) is 14.4. The maximum atomic E-state index is 12.9. The van der Waals surface area contributed by atoms with Crippen molar-refractivity contribution in [2.24, 2.45) is 5.73 Å². The summed E-state index contributed by atoms with van der Waals surface area (Å²) in [5.74, 6) is -0.215. The Bertz CT molecular complexity index is 430. The molecule has 1 aromatic heterocycles. The topological polar surface area (TPSA) is 50.9 Å². The van der Waals surface area contributed by atoms with Crippen LogP contribution < -0.4 is 11.1 Å². The number of halogens is 4. The zero-order valence-corrected chi connectivity index (χ0v) is 11.9. The molecule has 0 fully saturated rings. The minimum absolute atomic E-state index is 0.215. The second kappa shape index (κ2) is 5.05. The number of anilines is 1. The summed E-state index contributed by atoms with van der Waals surface area (Å²) in [7, 11) is 0. The molecular weight excluding hydrogens is 311 g/mol. The summed E-state index contributed by atoms with van der Waals surface area (Å²) in [5, 5.41) is 2.74. The van der Waals surface area contributed by atoms with Crippen LogP contribution in [0.5, 0.6) is 0 Å². The summed E-state index contributed by atoms with van der Waals surface area (Å²) in [6, 6.07) is 0.663. The highest BCUT2D eigenvalue weighted by Crippen LogP contribution is 2.36. The summed E-state index contributed by atoms with van der Waals surface area (Å²) in [6.45, 7) is 5.17. The van der Waals surface area contributed by atoms with Crippen molar-refractivity contribution in [1.82, 2.24) is 4.98 Å². The molecule has 1 atom stereocenters. The second-order valence-electron chi connectivity index (χ2n) is 4.68. The SMILES string of the molecule is CC(N)C(C)(C)Nc1ncc(Br)cc1C(F)(F)F. The number of nitrogens with one attached hydrogen (secondary N) is 1. The van der Waals surface area contributed by atoms with Gasteiger partial charge in [-0.1, -0.05) is 0 Å². The van der Waals surface area contributed by atoms with Crippen molar-refractivity contribution in [1.29, 1.82) is 0 Å². The Morgan fingerprint density at radius 2 is 1.94 bits per heavy atom. The molecule has 0 amide bonds. The average molecular weight is 326 g/mol. The van der Waals surface area contributed by atoms with E-state index in [1.54, 1.807) is 20.8 Å². The molecule has 0 aromatic carbocycles. The Morgan fingerprint density at radius 3 is 2.39 bits per heavy atom. The first-order valence-electron chi connectivity index (χ1n) is 5.30. The number of pyridine rings is 1. The van der Waals surface area contributed by atoms with Crippen molar-refractivity contribution in [2.45, 2.75) is 38.5 Å². The highest BCUT2D eigenvalue weighted by atomic mass is 79.9. The van der Waals surface area contributed by atoms with Gasteiger partial charge in [0, 0.05) is 22.3 Å². The number of hydrogen-bond donors (Lipinski definition) is 2. The molecule has 0 aliphatic rings. The molecule has 18 heavy (non-hydrogen) atoms. The Balaban J connectivity index is 3.18. The Kier molecular flexibility index (Phi) is 4.27. The van der Waals surface area contributed by atoms with E-state index in [-0.39, 0.29) is 16.3 Å². The number of alkyl halides is 3. The smallest absolute Gasteiger partial charge is 0.363 e. The Labute approximate surface area is 112 Å². The lowest BCUT2D eigenvalue weighted by Crippen LogP contribution is -2.47. The quantitative estimate of drug-likeness (QED) is 0.895. The van der Waals surface area contributed by atoms with Crippen molar-refractivity contribution in [3.05, 3.63) is 22.3 Å². The van der Waals surface area contributed by atoms with E-state index in [0.29, 0.717) is 0 Å². The largest absolute Gasteiger partial charge is 0.419 e. The summed E-state index contributed by atoms with van der Waals surface area (Å²) < 4.78 is 38.9. The van der Waals surface area contributed by atoms with E-state index >= 15 is 0 Å². The summed E-state index contributed by atoms with van der Waals surface area (Å²) in [6.07, 6.45) is -3.15. The molecule has 0 spiro atoms. The van der Waals surface area contributed by atoms with Gasteiger partial charge in [-0.3, -0.25) is 0 Å². The summed E-state index contributed by atoms with van der Waals surface area (Å²) in [4.78, 5) is 3.78. The number of nitrogens with two attached hydrogens (primary N) is 1. The van der Waals surface area contributed by atoms with Crippen LogP contribution in [0, 0.1) is 0 Å². The lowest BCUT2D eigenvalue weighted by Gasteiger charge is -2.32. The molecule has 0 aliphatic carbocycles. The molecule has 0 saturated heterocycles. The molecule has 0 saturated carbocycles. The van der Waals surface area contributed by atoms with Gasteiger partial charge in [0.05, 0.1) is 5.56 Å². The average Bonchev–Trinajstić information content (AvgIpc) is 2.18. The van der Waals surface area contributed by atoms with E-state index < -0.39 is 17.3 Å². The highest BCUT2D eigenvalue weighted by molar-refractivity contribution is 9.10. The van der Waals surface area contributed by atoms with Gasteiger partial charge in [0.15, 0.2) is 0 Å². The summed E-state index contributed by atoms with van der Waals surface area (Å²) >= 11 is 2.98. The lowest BCUT2D eigenvalue weighted by atomic mass is 9.96. The monoisotopic (exact) mass is 325 g/mol. The van der Waals surface area contributed by atoms with Crippen LogP contribution >= 0.6 is 15.9 Å². The van der Waals surface area contributed by atoms with Crippen molar-refractivity contribution >= 4 is 21.7 Å². The molecule has 102 valence electrons. The molecule has 0 radical (unpaired) electrons. The van der Waals surface area contributed by atoms with Gasteiger partial charge in [-0.15, -0.1) is 0 Å². The van der Waals surface area contributed by atoms with Crippen LogP contribution in [0.1, 0.15) is 26.3 Å². The maximum absolute atomic E-state index is 12.9. The standard InChI is InChI=1S/C11H15BrF3N3/c1-6(16)10(2,3)18-9-8(11(13,14)15)4-7(12)5-17-9/h4-6H,16H2,1-3H3,(H,17,18). The van der Waals surface area contributed by atoms with Crippen LogP contribution in [-0.2, 0) is 6.18 Å². The molecule has 1 rings (SSSR count). The molecule has 7 heteroatoms. The number of nitrogens with zero attached hydrogens (tertiary/aromatic N) is 1. The molecule has 0 bridgehead atoms. The van der Waals surface area contributed by atoms with E-state index in [1.807, 2.05) is 0 Å². The fraction of sp³-hybridized carbons (Fsp3) is 0.545. The zero-order chi connectivity index (χ0) is 14.1. The number of rotatable bonds is 3. The van der Waals surface area contributed by atoms with Crippen molar-refractivity contribution in [3.63, 3.8) is 0 Å². The van der Waals surface area contributed by atoms with Crippen molar-refractivity contribution < 1.29 is 13.2 Å². The molecule has 3 N–H and O–H groups in total. The van der Waals surface area contributed by atoms with Crippen molar-refractivity contribution in [3.8, 4) is 0 Å². The van der Waals surface area contributed by atoms with Gasteiger partial charge in [0.25, 0.3) is 0 Å². The first kappa shape index (κ1) is 15.2. The maximum Gasteiger partial charge on any atom is 0.419 e. The van der Waals surface area contributed by atoms with E-state index in [9.17, 15) is 13.2 Å². The van der Waals surface area contributed by atoms with Gasteiger partial charge < -0.3 is 11.1 Å². The van der Waals surface area contributed by atoms with Crippen LogP contribution in [0.15, 0.2) is 16.7 Å². The first-order chi connectivity index (χ1) is 8.04. The minimum Gasteiger partial charge on any atom is -0.363 e. The van der Waals surface area contributed by atoms with Crippen LogP contribution in [0.2, 0.25) is 0 Å². The second-order valence-corrected chi connectivity index (χ2v) is 5.60. The van der Waals surface area contributed by atoms with Gasteiger partial charge in [-0.25, -0.2) is 4.98 Å². The molecule has 1 aromatic rings. The zero-order valence-electron chi connectivity index (χ0n) is 10.3. The van der Waals surface area contributed by atoms with E-state index in [0.717, 1.165) is 6.07 Å². The third-order valence-corrected chi connectivity index (χ3v) is 3.17. The van der Waals surface area contributed by atoms with E-state index in [4.69, 9.17) is 5.73 Å². The highest BCUT2D eigenvalue weighted by Gasteiger charge is 2.36. The molecular formula is C11H15BrF3N3. The number of aromatic nitrogens is 1. The van der Waals surface area contributed by atoms with Gasteiger partial charge in [0.1, 0.15) is 5.82 Å². The third-order valence-electron chi connectivity index (χ3n) is 2.74. The molecule has 0 aliphatic heterocycles. The Hall–Kier alpha value is -0.820. The Morgan fingerprint density at radius 1 is 1.39 bits per heavy atom. The predicted molar refractivity (Wildman–Crippen MR) is 68.3 cm³/mol. The number of hydrogen-bond acceptors (Lipinski definition) is 3. The molecule has 1 unspecified atom stereocenters. The van der Waals surface area contributed by atoms with Crippen LogP contribution in [0.4, 0.5) is 19.0 Å². The van der Waals surface area contributed by atoms with Gasteiger partial charge >= 0.3 is 6.18 Å². The van der Waals surface area contributed by atoms with Gasteiger partial charge in [-0.05, 0) is 42.8 Å². The minimum atomic E-state index is -4.47. The fourth-order valence-electron chi connectivity index (χ4n) is 1.17. The summed E-state index contributed by atoms with van der Waals surface area (Å²) in [5.41, 5.74) is 4.22.